The van der Waals surface area contributed by atoms with Crippen LogP contribution in [0.25, 0.3) is 0 Å². The van der Waals surface area contributed by atoms with E-state index in [1.165, 1.54) is 5.56 Å². The highest BCUT2D eigenvalue weighted by Gasteiger charge is 2.18. The van der Waals surface area contributed by atoms with Crippen LogP contribution < -0.4 is 5.32 Å². The highest BCUT2D eigenvalue weighted by atomic mass is 16.4. The number of carboxylic acids is 1. The van der Waals surface area contributed by atoms with Gasteiger partial charge in [-0.3, -0.25) is 4.79 Å². The highest BCUT2D eigenvalue weighted by molar-refractivity contribution is 5.83. The van der Waals surface area contributed by atoms with Crippen molar-refractivity contribution in [3.8, 4) is 0 Å². The Kier molecular flexibility index (Phi) is 6.92. The van der Waals surface area contributed by atoms with Crippen molar-refractivity contribution in [2.75, 3.05) is 0 Å². The van der Waals surface area contributed by atoms with E-state index in [1.807, 2.05) is 19.1 Å². The summed E-state index contributed by atoms with van der Waals surface area (Å²) >= 11 is 0. The Bertz CT molecular complexity index is 465. The van der Waals surface area contributed by atoms with Crippen molar-refractivity contribution in [3.05, 3.63) is 35.4 Å². The molecule has 0 bridgehead atoms. The fourth-order valence-corrected chi connectivity index (χ4v) is 2.14. The first-order valence-corrected chi connectivity index (χ1v) is 7.55. The van der Waals surface area contributed by atoms with E-state index in [9.17, 15) is 9.59 Å². The van der Waals surface area contributed by atoms with Gasteiger partial charge < -0.3 is 10.4 Å². The first-order chi connectivity index (χ1) is 9.93. The minimum Gasteiger partial charge on any atom is -0.480 e. The molecule has 4 nitrogen and oxygen atoms in total. The van der Waals surface area contributed by atoms with E-state index in [0.717, 1.165) is 12.0 Å². The zero-order valence-electron chi connectivity index (χ0n) is 13.1. The minimum atomic E-state index is -0.966. The second kappa shape index (κ2) is 8.45. The van der Waals surface area contributed by atoms with Gasteiger partial charge in [-0.15, -0.1) is 0 Å². The Morgan fingerprint density at radius 2 is 1.81 bits per heavy atom. The first kappa shape index (κ1) is 17.2. The van der Waals surface area contributed by atoms with E-state index in [4.69, 9.17) is 5.11 Å². The maximum Gasteiger partial charge on any atom is 0.326 e. The quantitative estimate of drug-likeness (QED) is 0.773. The van der Waals surface area contributed by atoms with Crippen LogP contribution in [0.1, 0.15) is 57.1 Å². The third kappa shape index (κ3) is 5.98. The molecule has 0 radical (unpaired) electrons. The molecular weight excluding hydrogens is 266 g/mol. The number of rotatable bonds is 8. The lowest BCUT2D eigenvalue weighted by molar-refractivity contribution is -0.142. The maximum atomic E-state index is 11.8. The number of amides is 1. The number of carbonyl (C=O) groups is 2. The third-order valence-electron chi connectivity index (χ3n) is 3.50. The molecule has 1 amide bonds. The molecule has 2 N–H and O–H groups in total. The summed E-state index contributed by atoms with van der Waals surface area (Å²) < 4.78 is 0. The number of benzene rings is 1. The van der Waals surface area contributed by atoms with Crippen LogP contribution in [0.4, 0.5) is 0 Å². The van der Waals surface area contributed by atoms with Crippen molar-refractivity contribution >= 4 is 11.9 Å². The Balaban J connectivity index is 2.46. The molecule has 1 rings (SSSR count). The second-order valence-corrected chi connectivity index (χ2v) is 5.64. The fraction of sp³-hybridized carbons (Fsp3) is 0.529. The number of aryl methyl sites for hydroxylation is 1. The van der Waals surface area contributed by atoms with Crippen LogP contribution in [-0.4, -0.2) is 23.0 Å². The minimum absolute atomic E-state index is 0.205. The van der Waals surface area contributed by atoms with Gasteiger partial charge in [-0.05, 0) is 29.9 Å². The molecule has 0 spiro atoms. The van der Waals surface area contributed by atoms with Crippen molar-refractivity contribution in [2.45, 2.75) is 58.4 Å². The van der Waals surface area contributed by atoms with Crippen LogP contribution in [-0.2, 0) is 16.0 Å². The van der Waals surface area contributed by atoms with Crippen molar-refractivity contribution in [3.63, 3.8) is 0 Å². The van der Waals surface area contributed by atoms with E-state index >= 15 is 0 Å². The highest BCUT2D eigenvalue weighted by Crippen LogP contribution is 2.15. The lowest BCUT2D eigenvalue weighted by atomic mass is 10.0. The monoisotopic (exact) mass is 291 g/mol. The number of nitrogens with one attached hydrogen (secondary N) is 1. The standard InChI is InChI=1S/C17H25NO3/c1-4-5-15(17(20)21)18-16(19)11-8-13-6-9-14(10-7-13)12(2)3/h6-7,9-10,12,15H,4-5,8,11H2,1-3H3,(H,18,19)(H,20,21). The van der Waals surface area contributed by atoms with Gasteiger partial charge in [-0.2, -0.15) is 0 Å². The summed E-state index contributed by atoms with van der Waals surface area (Å²) in [7, 11) is 0. The van der Waals surface area contributed by atoms with E-state index < -0.39 is 12.0 Å². The van der Waals surface area contributed by atoms with E-state index in [-0.39, 0.29) is 5.91 Å². The lowest BCUT2D eigenvalue weighted by Gasteiger charge is -2.13. The van der Waals surface area contributed by atoms with Crippen molar-refractivity contribution in [1.82, 2.24) is 5.32 Å². The summed E-state index contributed by atoms with van der Waals surface area (Å²) in [5.74, 6) is -0.678. The molecule has 0 saturated heterocycles. The Labute approximate surface area is 126 Å². The Morgan fingerprint density at radius 3 is 2.29 bits per heavy atom. The van der Waals surface area contributed by atoms with Crippen molar-refractivity contribution < 1.29 is 14.7 Å². The molecule has 4 heteroatoms. The molecule has 1 aromatic carbocycles. The molecule has 0 aromatic heterocycles. The zero-order chi connectivity index (χ0) is 15.8. The van der Waals surface area contributed by atoms with Gasteiger partial charge in [-0.25, -0.2) is 4.79 Å². The van der Waals surface area contributed by atoms with Crippen LogP contribution in [0, 0.1) is 0 Å². The molecule has 0 fully saturated rings. The Hall–Kier alpha value is -1.84. The molecule has 0 aliphatic rings. The normalized spacial score (nSPS) is 12.2. The smallest absolute Gasteiger partial charge is 0.326 e. The predicted molar refractivity (Wildman–Crippen MR) is 83.3 cm³/mol. The first-order valence-electron chi connectivity index (χ1n) is 7.55. The van der Waals surface area contributed by atoms with Gasteiger partial charge in [0.05, 0.1) is 0 Å². The molecule has 0 saturated carbocycles. The van der Waals surface area contributed by atoms with Gasteiger partial charge in [0.25, 0.3) is 0 Å². The molecule has 0 aliphatic carbocycles. The molecule has 0 aliphatic heterocycles. The largest absolute Gasteiger partial charge is 0.480 e. The number of hydrogen-bond acceptors (Lipinski definition) is 2. The summed E-state index contributed by atoms with van der Waals surface area (Å²) in [5.41, 5.74) is 2.37. The van der Waals surface area contributed by atoms with Crippen LogP contribution in [0.3, 0.4) is 0 Å². The molecule has 0 heterocycles. The lowest BCUT2D eigenvalue weighted by Crippen LogP contribution is -2.40. The molecule has 21 heavy (non-hydrogen) atoms. The molecular formula is C17H25NO3. The number of hydrogen-bond donors (Lipinski definition) is 2. The fourth-order valence-electron chi connectivity index (χ4n) is 2.14. The average Bonchev–Trinajstić information content (AvgIpc) is 2.45. The van der Waals surface area contributed by atoms with Crippen LogP contribution in [0.15, 0.2) is 24.3 Å². The van der Waals surface area contributed by atoms with Gasteiger partial charge in [0.2, 0.25) is 5.91 Å². The van der Waals surface area contributed by atoms with Gasteiger partial charge in [-0.1, -0.05) is 51.5 Å². The zero-order valence-corrected chi connectivity index (χ0v) is 13.1. The predicted octanol–water partition coefficient (Wildman–Crippen LogP) is 3.11. The Morgan fingerprint density at radius 1 is 1.19 bits per heavy atom. The van der Waals surface area contributed by atoms with E-state index in [2.05, 4.69) is 31.3 Å². The van der Waals surface area contributed by atoms with Gasteiger partial charge >= 0.3 is 5.97 Å². The molecule has 1 atom stereocenters. The summed E-state index contributed by atoms with van der Waals surface area (Å²) in [6.07, 6.45) is 2.13. The molecule has 1 aromatic rings. The topological polar surface area (TPSA) is 66.4 Å². The van der Waals surface area contributed by atoms with Crippen molar-refractivity contribution in [1.29, 1.82) is 0 Å². The van der Waals surface area contributed by atoms with Crippen LogP contribution in [0.2, 0.25) is 0 Å². The summed E-state index contributed by atoms with van der Waals surface area (Å²) in [6.45, 7) is 6.18. The van der Waals surface area contributed by atoms with Gasteiger partial charge in [0, 0.05) is 6.42 Å². The average molecular weight is 291 g/mol. The summed E-state index contributed by atoms with van der Waals surface area (Å²) in [4.78, 5) is 22.8. The SMILES string of the molecule is CCCC(NC(=O)CCc1ccc(C(C)C)cc1)C(=O)O. The second-order valence-electron chi connectivity index (χ2n) is 5.64. The third-order valence-corrected chi connectivity index (χ3v) is 3.50. The summed E-state index contributed by atoms with van der Waals surface area (Å²) in [5, 5.41) is 11.6. The number of carbonyl (C=O) groups excluding carboxylic acids is 1. The maximum absolute atomic E-state index is 11.8. The summed E-state index contributed by atoms with van der Waals surface area (Å²) in [6, 6.07) is 7.45. The van der Waals surface area contributed by atoms with E-state index in [0.29, 0.717) is 25.2 Å². The molecule has 1 unspecified atom stereocenters. The number of aliphatic carboxylic acids is 1. The van der Waals surface area contributed by atoms with Crippen LogP contribution in [0.5, 0.6) is 0 Å². The van der Waals surface area contributed by atoms with Crippen molar-refractivity contribution in [2.24, 2.45) is 0 Å². The number of carboxylic acid groups (broad SMARTS) is 1. The van der Waals surface area contributed by atoms with E-state index in [1.54, 1.807) is 0 Å². The van der Waals surface area contributed by atoms with Gasteiger partial charge in [0.15, 0.2) is 0 Å². The molecule has 116 valence electrons. The van der Waals surface area contributed by atoms with Crippen LogP contribution >= 0.6 is 0 Å². The van der Waals surface area contributed by atoms with Gasteiger partial charge in [0.1, 0.15) is 6.04 Å².